The number of hydrogen-bond donors (Lipinski definition) is 1. The van der Waals surface area contributed by atoms with E-state index in [9.17, 15) is 9.67 Å². The first-order chi connectivity index (χ1) is 12.0. The molecule has 5 aliphatic carbocycles. The van der Waals surface area contributed by atoms with E-state index in [1.54, 1.807) is 0 Å². The average molecular weight is 367 g/mol. The van der Waals surface area contributed by atoms with Crippen LogP contribution in [-0.2, 0) is 4.57 Å². The van der Waals surface area contributed by atoms with Crippen molar-refractivity contribution in [1.82, 2.24) is 0 Å². The highest BCUT2D eigenvalue weighted by molar-refractivity contribution is 7.66. The molecule has 2 bridgehead atoms. The first kappa shape index (κ1) is 18.5. The van der Waals surface area contributed by atoms with Gasteiger partial charge in [-0.3, -0.25) is 0 Å². The van der Waals surface area contributed by atoms with Crippen LogP contribution in [0.5, 0.6) is 0 Å². The summed E-state index contributed by atoms with van der Waals surface area (Å²) in [5.74, 6) is 1.68. The molecule has 5 aliphatic rings. The molecule has 0 unspecified atom stereocenters. The predicted molar refractivity (Wildman–Crippen MR) is 106 cm³/mol. The third-order valence-corrected chi connectivity index (χ3v) is 14.0. The molecule has 0 saturated heterocycles. The maximum Gasteiger partial charge on any atom is 0.0968 e. The van der Waals surface area contributed by atoms with Crippen LogP contribution in [0.2, 0.25) is 0 Å². The van der Waals surface area contributed by atoms with Crippen LogP contribution in [0.15, 0.2) is 0 Å². The van der Waals surface area contributed by atoms with Crippen molar-refractivity contribution in [2.24, 2.45) is 23.2 Å². The smallest absolute Gasteiger partial charge is 0.0968 e. The van der Waals surface area contributed by atoms with E-state index in [4.69, 9.17) is 0 Å². The second kappa shape index (κ2) is 6.97. The molecule has 0 aromatic heterocycles. The van der Waals surface area contributed by atoms with Gasteiger partial charge in [-0.15, -0.1) is 0 Å². The Bertz CT molecular complexity index is 494. The molecule has 0 radical (unpaired) electrons. The summed E-state index contributed by atoms with van der Waals surface area (Å²) in [5, 5.41) is 10.3. The highest BCUT2D eigenvalue weighted by Crippen LogP contribution is 2.74. The SMILES string of the molecule is CC1(C)[C@H]2C[C@@H]1[C@@H](CO)[C@@H](P(=O)(C1CCCCC1)C1CCCCC1)C2. The largest absolute Gasteiger partial charge is 0.396 e. The molecule has 4 atom stereocenters. The van der Waals surface area contributed by atoms with Crippen molar-refractivity contribution in [2.75, 3.05) is 6.61 Å². The lowest BCUT2D eigenvalue weighted by Crippen LogP contribution is -2.59. The Hall–Kier alpha value is 0.190. The summed E-state index contributed by atoms with van der Waals surface area (Å²) in [6.07, 6.45) is 15.1. The zero-order chi connectivity index (χ0) is 17.7. The Balaban J connectivity index is 1.66. The molecule has 5 rings (SSSR count). The van der Waals surface area contributed by atoms with Gasteiger partial charge in [0.2, 0.25) is 0 Å². The van der Waals surface area contributed by atoms with Crippen molar-refractivity contribution in [3.63, 3.8) is 0 Å². The minimum Gasteiger partial charge on any atom is -0.396 e. The summed E-state index contributed by atoms with van der Waals surface area (Å²) in [7, 11) is -2.24. The van der Waals surface area contributed by atoms with Crippen molar-refractivity contribution in [2.45, 2.75) is 108 Å². The van der Waals surface area contributed by atoms with Crippen molar-refractivity contribution in [3.05, 3.63) is 0 Å². The van der Waals surface area contributed by atoms with Crippen molar-refractivity contribution >= 4 is 7.14 Å². The Kier molecular flexibility index (Phi) is 5.17. The summed E-state index contributed by atoms with van der Waals surface area (Å²) < 4.78 is 14.9. The van der Waals surface area contributed by atoms with Gasteiger partial charge in [0.05, 0.1) is 7.14 Å². The summed E-state index contributed by atoms with van der Waals surface area (Å²) in [6, 6.07) is 0. The van der Waals surface area contributed by atoms with E-state index in [1.165, 1.54) is 70.6 Å². The molecule has 25 heavy (non-hydrogen) atoms. The lowest BCUT2D eigenvalue weighted by molar-refractivity contribution is -0.114. The normalized spacial score (nSPS) is 39.8. The lowest BCUT2D eigenvalue weighted by atomic mass is 9.45. The van der Waals surface area contributed by atoms with Crippen LogP contribution in [0.3, 0.4) is 0 Å². The van der Waals surface area contributed by atoms with Gasteiger partial charge in [-0.2, -0.15) is 0 Å². The van der Waals surface area contributed by atoms with E-state index >= 15 is 0 Å². The monoisotopic (exact) mass is 366 g/mol. The molecule has 144 valence electrons. The molecule has 2 nitrogen and oxygen atoms in total. The zero-order valence-corrected chi connectivity index (χ0v) is 17.4. The van der Waals surface area contributed by atoms with Gasteiger partial charge in [0.1, 0.15) is 0 Å². The Morgan fingerprint density at radius 3 is 1.84 bits per heavy atom. The summed E-state index contributed by atoms with van der Waals surface area (Å²) in [4.78, 5) is 0. The van der Waals surface area contributed by atoms with Gasteiger partial charge >= 0.3 is 0 Å². The quantitative estimate of drug-likeness (QED) is 0.614. The maximum absolute atomic E-state index is 14.9. The van der Waals surface area contributed by atoms with E-state index in [0.717, 1.165) is 12.3 Å². The zero-order valence-electron chi connectivity index (χ0n) is 16.5. The Morgan fingerprint density at radius 2 is 1.40 bits per heavy atom. The minimum atomic E-state index is -2.24. The van der Waals surface area contributed by atoms with E-state index in [2.05, 4.69) is 13.8 Å². The summed E-state index contributed by atoms with van der Waals surface area (Å²) >= 11 is 0. The molecule has 0 aromatic carbocycles. The standard InChI is InChI=1S/C22H39O2P/c1-22(2)16-13-20(22)19(15-23)21(14-16)25(24,17-9-5-3-6-10-17)18-11-7-4-8-12-18/h16-21,23H,3-15H2,1-2H3/t16-,19+,20+,21-/m0/s1. The van der Waals surface area contributed by atoms with Gasteiger partial charge in [0.15, 0.2) is 0 Å². The summed E-state index contributed by atoms with van der Waals surface area (Å²) in [5.41, 5.74) is 1.70. The first-order valence-electron chi connectivity index (χ1n) is 11.2. The Labute approximate surface area is 154 Å². The van der Waals surface area contributed by atoms with Crippen LogP contribution in [0.1, 0.15) is 90.9 Å². The number of aliphatic hydroxyl groups excluding tert-OH is 1. The topological polar surface area (TPSA) is 37.3 Å². The first-order valence-corrected chi connectivity index (χ1v) is 13.1. The molecule has 0 spiro atoms. The van der Waals surface area contributed by atoms with Gasteiger partial charge in [0.25, 0.3) is 0 Å². The van der Waals surface area contributed by atoms with Gasteiger partial charge in [0, 0.05) is 23.6 Å². The molecule has 3 heteroatoms. The third-order valence-electron chi connectivity index (χ3n) is 9.10. The number of fused-ring (bicyclic) bond motifs is 2. The van der Waals surface area contributed by atoms with E-state index in [0.29, 0.717) is 34.2 Å². The Morgan fingerprint density at radius 1 is 0.880 bits per heavy atom. The second-order valence-electron chi connectivity index (χ2n) is 10.4. The third kappa shape index (κ3) is 2.89. The molecule has 0 aliphatic heterocycles. The molecule has 5 fully saturated rings. The number of aliphatic hydroxyl groups is 1. The van der Waals surface area contributed by atoms with Crippen molar-refractivity contribution in [3.8, 4) is 0 Å². The van der Waals surface area contributed by atoms with E-state index in [-0.39, 0.29) is 6.61 Å². The highest BCUT2D eigenvalue weighted by atomic mass is 31.2. The van der Waals surface area contributed by atoms with Crippen LogP contribution >= 0.6 is 7.14 Å². The fraction of sp³-hybridized carbons (Fsp3) is 1.00. The van der Waals surface area contributed by atoms with Crippen LogP contribution in [0.4, 0.5) is 0 Å². The minimum absolute atomic E-state index is 0.273. The van der Waals surface area contributed by atoms with Crippen molar-refractivity contribution < 1.29 is 9.67 Å². The van der Waals surface area contributed by atoms with Gasteiger partial charge in [-0.25, -0.2) is 0 Å². The molecular formula is C22H39O2P. The molecule has 5 saturated carbocycles. The van der Waals surface area contributed by atoms with Crippen LogP contribution < -0.4 is 0 Å². The molecule has 0 aromatic rings. The van der Waals surface area contributed by atoms with Crippen LogP contribution in [0.25, 0.3) is 0 Å². The fourth-order valence-corrected chi connectivity index (χ4v) is 12.9. The molecular weight excluding hydrogens is 327 g/mol. The van der Waals surface area contributed by atoms with Crippen LogP contribution in [-0.4, -0.2) is 28.7 Å². The molecule has 0 amide bonds. The van der Waals surface area contributed by atoms with Gasteiger partial charge in [-0.05, 0) is 61.7 Å². The molecule has 0 heterocycles. The van der Waals surface area contributed by atoms with Crippen LogP contribution in [0, 0.1) is 23.2 Å². The van der Waals surface area contributed by atoms with E-state index < -0.39 is 7.14 Å². The summed E-state index contributed by atoms with van der Waals surface area (Å²) in [6.45, 7) is 5.07. The second-order valence-corrected chi connectivity index (χ2v) is 14.0. The lowest BCUT2D eigenvalue weighted by Gasteiger charge is -2.64. The maximum atomic E-state index is 14.9. The molecule has 1 N–H and O–H groups in total. The number of hydrogen-bond acceptors (Lipinski definition) is 2. The highest BCUT2D eigenvalue weighted by Gasteiger charge is 2.62. The number of rotatable bonds is 4. The average Bonchev–Trinajstić information content (AvgIpc) is 2.68. The van der Waals surface area contributed by atoms with Gasteiger partial charge < -0.3 is 9.67 Å². The van der Waals surface area contributed by atoms with Gasteiger partial charge in [-0.1, -0.05) is 52.4 Å². The van der Waals surface area contributed by atoms with Crippen molar-refractivity contribution in [1.29, 1.82) is 0 Å². The predicted octanol–water partition coefficient (Wildman–Crippen LogP) is 6.06. The van der Waals surface area contributed by atoms with E-state index in [1.807, 2.05) is 0 Å². The fourth-order valence-electron chi connectivity index (χ4n) is 7.44.